The van der Waals surface area contributed by atoms with E-state index in [4.69, 9.17) is 0 Å². The second-order valence-corrected chi connectivity index (χ2v) is 5.13. The van der Waals surface area contributed by atoms with Crippen molar-refractivity contribution >= 4 is 17.6 Å². The van der Waals surface area contributed by atoms with Gasteiger partial charge in [0.1, 0.15) is 0 Å². The summed E-state index contributed by atoms with van der Waals surface area (Å²) < 4.78 is 0. The Morgan fingerprint density at radius 1 is 1.00 bits per heavy atom. The summed E-state index contributed by atoms with van der Waals surface area (Å²) in [7, 11) is 0. The molecule has 100 valence electrons. The number of hydrogen-bond acceptors (Lipinski definition) is 1. The van der Waals surface area contributed by atoms with Crippen LogP contribution in [0, 0.1) is 0 Å². The Bertz CT molecular complexity index is 652. The van der Waals surface area contributed by atoms with Crippen molar-refractivity contribution in [1.29, 1.82) is 0 Å². The van der Waals surface area contributed by atoms with E-state index in [1.54, 1.807) is 6.08 Å². The van der Waals surface area contributed by atoms with Gasteiger partial charge in [0.15, 0.2) is 0 Å². The van der Waals surface area contributed by atoms with Crippen LogP contribution in [0.2, 0.25) is 0 Å². The molecule has 1 saturated carbocycles. The van der Waals surface area contributed by atoms with Crippen molar-refractivity contribution in [2.75, 3.05) is 0 Å². The van der Waals surface area contributed by atoms with Gasteiger partial charge in [0.2, 0.25) is 0 Å². The number of hydrogen-bond donors (Lipinski definition) is 1. The first-order valence-electron chi connectivity index (χ1n) is 6.85. The van der Waals surface area contributed by atoms with Gasteiger partial charge in [0, 0.05) is 0 Å². The average Bonchev–Trinajstić information content (AvgIpc) is 3.30. The van der Waals surface area contributed by atoms with Crippen molar-refractivity contribution in [2.45, 2.75) is 18.8 Å². The van der Waals surface area contributed by atoms with Crippen LogP contribution in [-0.2, 0) is 4.79 Å². The molecular weight excluding hydrogens is 248 g/mol. The quantitative estimate of drug-likeness (QED) is 0.664. The number of carboxylic acid groups (broad SMARTS) is 1. The molecule has 1 aliphatic carbocycles. The fourth-order valence-electron chi connectivity index (χ4n) is 2.45. The van der Waals surface area contributed by atoms with Gasteiger partial charge in [-0.05, 0) is 41.5 Å². The summed E-state index contributed by atoms with van der Waals surface area (Å²) in [6, 6.07) is 17.4. The first kappa shape index (κ1) is 12.7. The van der Waals surface area contributed by atoms with Crippen molar-refractivity contribution in [3.8, 4) is 0 Å². The number of carbonyl (C=O) groups is 1. The molecule has 0 bridgehead atoms. The molecule has 0 spiro atoms. The van der Waals surface area contributed by atoms with Crippen LogP contribution in [0.15, 0.2) is 54.6 Å². The lowest BCUT2D eigenvalue weighted by Crippen LogP contribution is -2.00. The number of aliphatic carboxylic acids is 1. The Labute approximate surface area is 118 Å². The van der Waals surface area contributed by atoms with E-state index in [2.05, 4.69) is 6.07 Å². The van der Waals surface area contributed by atoms with E-state index in [0.29, 0.717) is 11.5 Å². The highest BCUT2D eigenvalue weighted by molar-refractivity contribution is 6.20. The minimum atomic E-state index is -0.887. The maximum Gasteiger partial charge on any atom is 0.336 e. The van der Waals surface area contributed by atoms with Gasteiger partial charge in [0.05, 0.1) is 5.57 Å². The van der Waals surface area contributed by atoms with Crippen molar-refractivity contribution in [1.82, 2.24) is 0 Å². The Balaban J connectivity index is 2.06. The molecule has 0 heterocycles. The summed E-state index contributed by atoms with van der Waals surface area (Å²) >= 11 is 0. The minimum absolute atomic E-state index is 0.346. The van der Waals surface area contributed by atoms with Gasteiger partial charge in [-0.2, -0.15) is 0 Å². The lowest BCUT2D eigenvalue weighted by Gasteiger charge is -2.07. The molecule has 1 N–H and O–H groups in total. The molecule has 3 rings (SSSR count). The fourth-order valence-corrected chi connectivity index (χ4v) is 2.45. The highest BCUT2D eigenvalue weighted by Crippen LogP contribution is 2.42. The van der Waals surface area contributed by atoms with Crippen molar-refractivity contribution in [2.24, 2.45) is 0 Å². The summed E-state index contributed by atoms with van der Waals surface area (Å²) in [5.74, 6) is -0.282. The largest absolute Gasteiger partial charge is 0.478 e. The lowest BCUT2D eigenvalue weighted by atomic mass is 9.98. The molecule has 0 aliphatic heterocycles. The summed E-state index contributed by atoms with van der Waals surface area (Å²) in [6.07, 6.45) is 4.21. The van der Waals surface area contributed by atoms with E-state index >= 15 is 0 Å². The first-order valence-corrected chi connectivity index (χ1v) is 6.85. The van der Waals surface area contributed by atoms with E-state index in [1.807, 2.05) is 48.5 Å². The van der Waals surface area contributed by atoms with Crippen LogP contribution in [0.25, 0.3) is 11.6 Å². The molecule has 2 nitrogen and oxygen atoms in total. The van der Waals surface area contributed by atoms with Crippen LogP contribution in [0.5, 0.6) is 0 Å². The molecule has 2 aromatic carbocycles. The Kier molecular flexibility index (Phi) is 3.38. The molecule has 2 heteroatoms. The predicted octanol–water partition coefficient (Wildman–Crippen LogP) is 4.19. The van der Waals surface area contributed by atoms with E-state index in [-0.39, 0.29) is 0 Å². The predicted molar refractivity (Wildman–Crippen MR) is 80.4 cm³/mol. The summed E-state index contributed by atoms with van der Waals surface area (Å²) in [4.78, 5) is 11.5. The zero-order chi connectivity index (χ0) is 13.9. The van der Waals surface area contributed by atoms with Crippen LogP contribution in [-0.4, -0.2) is 11.1 Å². The Morgan fingerprint density at radius 2 is 1.65 bits per heavy atom. The number of carboxylic acids is 1. The van der Waals surface area contributed by atoms with Gasteiger partial charge in [-0.3, -0.25) is 0 Å². The van der Waals surface area contributed by atoms with Crippen molar-refractivity contribution in [3.63, 3.8) is 0 Å². The maximum atomic E-state index is 11.5. The zero-order valence-electron chi connectivity index (χ0n) is 11.1. The van der Waals surface area contributed by atoms with Crippen LogP contribution >= 0.6 is 0 Å². The minimum Gasteiger partial charge on any atom is -0.478 e. The number of benzene rings is 2. The van der Waals surface area contributed by atoms with Gasteiger partial charge in [-0.25, -0.2) is 4.79 Å². The van der Waals surface area contributed by atoms with Gasteiger partial charge in [-0.1, -0.05) is 54.6 Å². The molecule has 0 atom stereocenters. The highest BCUT2D eigenvalue weighted by Gasteiger charge is 2.25. The van der Waals surface area contributed by atoms with Crippen LogP contribution < -0.4 is 0 Å². The molecule has 20 heavy (non-hydrogen) atoms. The number of rotatable bonds is 4. The second-order valence-electron chi connectivity index (χ2n) is 5.13. The third-order valence-electron chi connectivity index (χ3n) is 3.63. The van der Waals surface area contributed by atoms with Crippen LogP contribution in [0.4, 0.5) is 0 Å². The van der Waals surface area contributed by atoms with Gasteiger partial charge in [0.25, 0.3) is 0 Å². The highest BCUT2D eigenvalue weighted by atomic mass is 16.4. The molecule has 1 aliphatic rings. The molecule has 1 fully saturated rings. The third-order valence-corrected chi connectivity index (χ3v) is 3.63. The average molecular weight is 264 g/mol. The maximum absolute atomic E-state index is 11.5. The monoisotopic (exact) mass is 264 g/mol. The molecule has 0 saturated heterocycles. The summed E-state index contributed by atoms with van der Waals surface area (Å²) in [5, 5.41) is 9.46. The summed E-state index contributed by atoms with van der Waals surface area (Å²) in [6.45, 7) is 0. The second kappa shape index (κ2) is 5.33. The normalized spacial score (nSPS) is 15.1. The molecule has 0 unspecified atom stereocenters. The van der Waals surface area contributed by atoms with Gasteiger partial charge < -0.3 is 5.11 Å². The fraction of sp³-hybridized carbons (Fsp3) is 0.167. The summed E-state index contributed by atoms with van der Waals surface area (Å²) in [5.41, 5.74) is 3.38. The molecule has 0 radical (unpaired) electrons. The van der Waals surface area contributed by atoms with E-state index in [0.717, 1.165) is 11.1 Å². The van der Waals surface area contributed by atoms with Crippen LogP contribution in [0.3, 0.4) is 0 Å². The topological polar surface area (TPSA) is 37.3 Å². The standard InChI is InChI=1S/C18H16O2/c19-18(20)17(13-6-2-1-3-7-13)12-15-8-4-5-9-16(15)14-10-11-14/h1-9,12,14H,10-11H2,(H,19,20)/b17-12+. The molecular formula is C18H16O2. The van der Waals surface area contributed by atoms with E-state index in [9.17, 15) is 9.90 Å². The Morgan fingerprint density at radius 3 is 2.30 bits per heavy atom. The lowest BCUT2D eigenvalue weighted by molar-refractivity contribution is -0.130. The molecule has 2 aromatic rings. The molecule has 0 amide bonds. The van der Waals surface area contributed by atoms with E-state index in [1.165, 1.54) is 18.4 Å². The van der Waals surface area contributed by atoms with Gasteiger partial charge in [-0.15, -0.1) is 0 Å². The van der Waals surface area contributed by atoms with E-state index < -0.39 is 5.97 Å². The zero-order valence-corrected chi connectivity index (χ0v) is 11.1. The smallest absolute Gasteiger partial charge is 0.336 e. The van der Waals surface area contributed by atoms with Crippen LogP contribution in [0.1, 0.15) is 35.4 Å². The Hall–Kier alpha value is -2.35. The SMILES string of the molecule is O=C(O)/C(=C/c1ccccc1C1CC1)c1ccccc1. The van der Waals surface area contributed by atoms with Crippen molar-refractivity contribution in [3.05, 3.63) is 71.3 Å². The van der Waals surface area contributed by atoms with Crippen molar-refractivity contribution < 1.29 is 9.90 Å². The third kappa shape index (κ3) is 2.64. The van der Waals surface area contributed by atoms with Gasteiger partial charge >= 0.3 is 5.97 Å². The first-order chi connectivity index (χ1) is 9.75. The molecule has 0 aromatic heterocycles.